The lowest BCUT2D eigenvalue weighted by Gasteiger charge is -2.04. The molecule has 0 radical (unpaired) electrons. The third-order valence-electron chi connectivity index (χ3n) is 0.835. The molecular formula is C6H8Cl2. The molecule has 0 aromatic rings. The Bertz CT molecular complexity index is 78.5. The lowest BCUT2D eigenvalue weighted by Crippen LogP contribution is -2.00. The van der Waals surface area contributed by atoms with Crippen molar-refractivity contribution in [1.29, 1.82) is 0 Å². The van der Waals surface area contributed by atoms with Crippen LogP contribution >= 0.6 is 23.2 Å². The molecule has 0 heterocycles. The van der Waals surface area contributed by atoms with Crippen LogP contribution in [0.4, 0.5) is 0 Å². The van der Waals surface area contributed by atoms with Crippen LogP contribution in [-0.4, -0.2) is 4.84 Å². The molecule has 0 amide bonds. The number of hydrogen-bond donors (Lipinski definition) is 0. The Kier molecular flexibility index (Phi) is 4.02. The fourth-order valence-corrected chi connectivity index (χ4v) is 0.713. The first-order valence-electron chi connectivity index (χ1n) is 2.25. The summed E-state index contributed by atoms with van der Waals surface area (Å²) in [6, 6.07) is 0. The fourth-order valence-electron chi connectivity index (χ4n) is 0.302. The SMILES string of the molecule is C=CC(C=C)C(Cl)Cl. The molecule has 0 fully saturated rings. The maximum atomic E-state index is 5.47. The first kappa shape index (κ1) is 8.06. The van der Waals surface area contributed by atoms with Crippen LogP contribution in [0.15, 0.2) is 25.3 Å². The molecule has 0 nitrogen and oxygen atoms in total. The van der Waals surface area contributed by atoms with Crippen molar-refractivity contribution in [3.63, 3.8) is 0 Å². The van der Waals surface area contributed by atoms with Crippen molar-refractivity contribution in [1.82, 2.24) is 0 Å². The van der Waals surface area contributed by atoms with Gasteiger partial charge in [-0.2, -0.15) is 0 Å². The Morgan fingerprint density at radius 2 is 1.50 bits per heavy atom. The summed E-state index contributed by atoms with van der Waals surface area (Å²) in [6.45, 7) is 7.03. The molecule has 0 aliphatic heterocycles. The molecular weight excluding hydrogens is 143 g/mol. The Labute approximate surface area is 59.8 Å². The van der Waals surface area contributed by atoms with Crippen LogP contribution in [0, 0.1) is 5.92 Å². The molecule has 0 aromatic heterocycles. The molecule has 0 rings (SSSR count). The number of rotatable bonds is 3. The van der Waals surface area contributed by atoms with E-state index in [4.69, 9.17) is 23.2 Å². The highest BCUT2D eigenvalue weighted by molar-refractivity contribution is 6.44. The lowest BCUT2D eigenvalue weighted by atomic mass is 10.2. The minimum Gasteiger partial charge on any atom is -0.104 e. The van der Waals surface area contributed by atoms with Gasteiger partial charge in [-0.15, -0.1) is 36.4 Å². The minimum atomic E-state index is -0.412. The van der Waals surface area contributed by atoms with Crippen molar-refractivity contribution >= 4 is 23.2 Å². The molecule has 2 heteroatoms. The van der Waals surface area contributed by atoms with Gasteiger partial charge in [-0.3, -0.25) is 0 Å². The second-order valence-corrected chi connectivity index (χ2v) is 2.55. The Morgan fingerprint density at radius 3 is 1.50 bits per heavy atom. The van der Waals surface area contributed by atoms with E-state index in [0.717, 1.165) is 0 Å². The summed E-state index contributed by atoms with van der Waals surface area (Å²) in [5.41, 5.74) is 0. The van der Waals surface area contributed by atoms with Crippen LogP contribution in [0.3, 0.4) is 0 Å². The highest BCUT2D eigenvalue weighted by atomic mass is 35.5. The summed E-state index contributed by atoms with van der Waals surface area (Å²) in [7, 11) is 0. The van der Waals surface area contributed by atoms with Crippen LogP contribution in [0.5, 0.6) is 0 Å². The average molecular weight is 151 g/mol. The third-order valence-corrected chi connectivity index (χ3v) is 1.42. The molecule has 46 valence electrons. The van der Waals surface area contributed by atoms with Crippen molar-refractivity contribution < 1.29 is 0 Å². The number of allylic oxidation sites excluding steroid dienone is 2. The summed E-state index contributed by atoms with van der Waals surface area (Å²) in [5, 5.41) is 0. The van der Waals surface area contributed by atoms with Crippen LogP contribution in [0.2, 0.25) is 0 Å². The number of halogens is 2. The largest absolute Gasteiger partial charge is 0.117 e. The zero-order valence-corrected chi connectivity index (χ0v) is 5.99. The fraction of sp³-hybridized carbons (Fsp3) is 0.333. The minimum absolute atomic E-state index is 0.0123. The normalized spacial score (nSPS) is 10.0. The predicted molar refractivity (Wildman–Crippen MR) is 39.4 cm³/mol. The van der Waals surface area contributed by atoms with Gasteiger partial charge < -0.3 is 0 Å². The van der Waals surface area contributed by atoms with Crippen molar-refractivity contribution in [2.24, 2.45) is 5.92 Å². The van der Waals surface area contributed by atoms with Crippen molar-refractivity contribution in [3.05, 3.63) is 25.3 Å². The van der Waals surface area contributed by atoms with Gasteiger partial charge in [0.1, 0.15) is 4.84 Å². The van der Waals surface area contributed by atoms with Crippen molar-refractivity contribution in [2.75, 3.05) is 0 Å². The molecule has 0 aliphatic rings. The van der Waals surface area contributed by atoms with Crippen LogP contribution in [0.1, 0.15) is 0 Å². The number of hydrogen-bond acceptors (Lipinski definition) is 0. The summed E-state index contributed by atoms with van der Waals surface area (Å²) in [4.78, 5) is -0.412. The van der Waals surface area contributed by atoms with E-state index in [9.17, 15) is 0 Å². The monoisotopic (exact) mass is 150 g/mol. The zero-order valence-electron chi connectivity index (χ0n) is 4.48. The second kappa shape index (κ2) is 3.99. The van der Waals surface area contributed by atoms with Gasteiger partial charge in [-0.1, -0.05) is 12.2 Å². The van der Waals surface area contributed by atoms with Gasteiger partial charge >= 0.3 is 0 Å². The topological polar surface area (TPSA) is 0 Å². The third kappa shape index (κ3) is 2.39. The van der Waals surface area contributed by atoms with E-state index in [1.165, 1.54) is 0 Å². The highest BCUT2D eigenvalue weighted by Crippen LogP contribution is 2.16. The lowest BCUT2D eigenvalue weighted by molar-refractivity contribution is 0.904. The summed E-state index contributed by atoms with van der Waals surface area (Å²) >= 11 is 10.9. The van der Waals surface area contributed by atoms with E-state index < -0.39 is 4.84 Å². The van der Waals surface area contributed by atoms with Gasteiger partial charge in [0, 0.05) is 5.92 Å². The van der Waals surface area contributed by atoms with E-state index in [1.807, 2.05) is 0 Å². The quantitative estimate of drug-likeness (QED) is 0.429. The average Bonchev–Trinajstić information content (AvgIpc) is 1.69. The van der Waals surface area contributed by atoms with Crippen LogP contribution in [0.25, 0.3) is 0 Å². The first-order chi connectivity index (χ1) is 3.72. The summed E-state index contributed by atoms with van der Waals surface area (Å²) in [6.07, 6.45) is 3.33. The molecule has 8 heavy (non-hydrogen) atoms. The summed E-state index contributed by atoms with van der Waals surface area (Å²) in [5.74, 6) is 0.0123. The molecule has 0 aliphatic carbocycles. The number of alkyl halides is 2. The van der Waals surface area contributed by atoms with E-state index in [1.54, 1.807) is 12.2 Å². The maximum absolute atomic E-state index is 5.47. The highest BCUT2D eigenvalue weighted by Gasteiger charge is 2.06. The maximum Gasteiger partial charge on any atom is 0.117 e. The van der Waals surface area contributed by atoms with E-state index in [0.29, 0.717) is 0 Å². The molecule has 0 spiro atoms. The smallest absolute Gasteiger partial charge is 0.104 e. The molecule has 0 atom stereocenters. The van der Waals surface area contributed by atoms with Gasteiger partial charge in [-0.25, -0.2) is 0 Å². The van der Waals surface area contributed by atoms with Crippen molar-refractivity contribution in [3.8, 4) is 0 Å². The van der Waals surface area contributed by atoms with Gasteiger partial charge in [0.15, 0.2) is 0 Å². The van der Waals surface area contributed by atoms with Gasteiger partial charge in [0.05, 0.1) is 0 Å². The standard InChI is InChI=1S/C6H8Cl2/c1-3-5(4-2)6(7)8/h3-6H,1-2H2. The molecule has 0 aromatic carbocycles. The summed E-state index contributed by atoms with van der Waals surface area (Å²) < 4.78 is 0. The molecule has 0 unspecified atom stereocenters. The zero-order chi connectivity index (χ0) is 6.57. The molecule has 0 saturated heterocycles. The van der Waals surface area contributed by atoms with Crippen LogP contribution in [-0.2, 0) is 0 Å². The van der Waals surface area contributed by atoms with Gasteiger partial charge in [0.25, 0.3) is 0 Å². The van der Waals surface area contributed by atoms with E-state index >= 15 is 0 Å². The first-order valence-corrected chi connectivity index (χ1v) is 3.13. The van der Waals surface area contributed by atoms with Crippen molar-refractivity contribution in [2.45, 2.75) is 4.84 Å². The van der Waals surface area contributed by atoms with Crippen LogP contribution < -0.4 is 0 Å². The predicted octanol–water partition coefficient (Wildman–Crippen LogP) is 2.78. The molecule has 0 saturated carbocycles. The van der Waals surface area contributed by atoms with E-state index in [-0.39, 0.29) is 5.92 Å². The molecule has 0 bridgehead atoms. The van der Waals surface area contributed by atoms with Gasteiger partial charge in [0.2, 0.25) is 0 Å². The Balaban J connectivity index is 3.68. The second-order valence-electron chi connectivity index (χ2n) is 1.38. The van der Waals surface area contributed by atoms with Gasteiger partial charge in [-0.05, 0) is 0 Å². The molecule has 0 N–H and O–H groups in total. The van der Waals surface area contributed by atoms with E-state index in [2.05, 4.69) is 13.2 Å². The Hall–Kier alpha value is 0.0600. The Morgan fingerprint density at radius 1 is 1.12 bits per heavy atom.